The summed E-state index contributed by atoms with van der Waals surface area (Å²) < 4.78 is 0. The standard InChI is InChI=1S/C18H25ClN4S.HI/c1-13-23-16(11-24-13)8-9-21-17(20-4)22-12-18(2,3)14-6-5-7-15(19)10-14;/h5-7,10-11H,8-9,12H2,1-4H3,(H2,20,21,22);1H. The van der Waals surface area contributed by atoms with Gasteiger partial charge in [-0.05, 0) is 24.6 Å². The molecule has 1 aromatic carbocycles. The lowest BCUT2D eigenvalue weighted by atomic mass is 9.84. The largest absolute Gasteiger partial charge is 0.356 e. The van der Waals surface area contributed by atoms with Crippen LogP contribution < -0.4 is 10.6 Å². The van der Waals surface area contributed by atoms with Crippen molar-refractivity contribution >= 4 is 52.9 Å². The Morgan fingerprint density at radius 3 is 2.68 bits per heavy atom. The molecule has 0 atom stereocenters. The predicted octanol–water partition coefficient (Wildman–Crippen LogP) is 4.41. The molecule has 0 unspecified atom stereocenters. The second-order valence-corrected chi connectivity index (χ2v) is 7.85. The second-order valence-electron chi connectivity index (χ2n) is 6.35. The molecule has 7 heteroatoms. The summed E-state index contributed by atoms with van der Waals surface area (Å²) >= 11 is 7.79. The van der Waals surface area contributed by atoms with Gasteiger partial charge in [0.1, 0.15) is 0 Å². The molecular formula is C18H26ClIN4S. The minimum absolute atomic E-state index is 0. The van der Waals surface area contributed by atoms with Crippen LogP contribution in [-0.2, 0) is 11.8 Å². The van der Waals surface area contributed by atoms with Crippen LogP contribution in [0.5, 0.6) is 0 Å². The summed E-state index contributed by atoms with van der Waals surface area (Å²) in [6, 6.07) is 8.01. The van der Waals surface area contributed by atoms with Crippen LogP contribution in [0, 0.1) is 6.92 Å². The Hall–Kier alpha value is -0.860. The number of aromatic nitrogens is 1. The van der Waals surface area contributed by atoms with Crippen molar-refractivity contribution in [2.75, 3.05) is 20.1 Å². The summed E-state index contributed by atoms with van der Waals surface area (Å²) in [4.78, 5) is 8.76. The Labute approximate surface area is 176 Å². The van der Waals surface area contributed by atoms with Crippen molar-refractivity contribution in [3.63, 3.8) is 0 Å². The Kier molecular flexibility index (Phi) is 9.16. The van der Waals surface area contributed by atoms with Gasteiger partial charge >= 0.3 is 0 Å². The van der Waals surface area contributed by atoms with Crippen LogP contribution in [0.25, 0.3) is 0 Å². The van der Waals surface area contributed by atoms with Crippen LogP contribution in [0.4, 0.5) is 0 Å². The van der Waals surface area contributed by atoms with Gasteiger partial charge in [0, 0.05) is 42.4 Å². The monoisotopic (exact) mass is 492 g/mol. The molecule has 138 valence electrons. The van der Waals surface area contributed by atoms with Crippen LogP contribution in [0.1, 0.15) is 30.1 Å². The number of rotatable bonds is 6. The molecule has 0 radical (unpaired) electrons. The summed E-state index contributed by atoms with van der Waals surface area (Å²) in [5.41, 5.74) is 2.28. The molecule has 0 aliphatic carbocycles. The normalized spacial score (nSPS) is 11.8. The lowest BCUT2D eigenvalue weighted by Gasteiger charge is -2.27. The predicted molar refractivity (Wildman–Crippen MR) is 120 cm³/mol. The fraction of sp³-hybridized carbons (Fsp3) is 0.444. The fourth-order valence-corrected chi connectivity index (χ4v) is 3.21. The molecule has 1 aromatic heterocycles. The van der Waals surface area contributed by atoms with E-state index in [9.17, 15) is 0 Å². The zero-order valence-electron chi connectivity index (χ0n) is 15.1. The Morgan fingerprint density at radius 1 is 1.32 bits per heavy atom. The highest BCUT2D eigenvalue weighted by molar-refractivity contribution is 14.0. The number of benzene rings is 1. The van der Waals surface area contributed by atoms with Crippen LogP contribution in [-0.4, -0.2) is 31.1 Å². The molecule has 2 aromatic rings. The number of nitrogens with zero attached hydrogens (tertiary/aromatic N) is 2. The lowest BCUT2D eigenvalue weighted by molar-refractivity contribution is 0.508. The first-order valence-corrected chi connectivity index (χ1v) is 9.28. The third kappa shape index (κ3) is 7.11. The zero-order valence-corrected chi connectivity index (χ0v) is 19.0. The molecular weight excluding hydrogens is 467 g/mol. The van der Waals surface area contributed by atoms with E-state index in [0.717, 1.165) is 41.2 Å². The van der Waals surface area contributed by atoms with Crippen molar-refractivity contribution in [3.05, 3.63) is 50.9 Å². The van der Waals surface area contributed by atoms with E-state index in [2.05, 4.69) is 45.9 Å². The van der Waals surface area contributed by atoms with Gasteiger partial charge < -0.3 is 10.6 Å². The molecule has 2 N–H and O–H groups in total. The molecule has 0 bridgehead atoms. The summed E-state index contributed by atoms with van der Waals surface area (Å²) in [6.07, 6.45) is 0.892. The van der Waals surface area contributed by atoms with E-state index in [1.54, 1.807) is 18.4 Å². The van der Waals surface area contributed by atoms with Gasteiger partial charge in [0.15, 0.2) is 5.96 Å². The van der Waals surface area contributed by atoms with E-state index in [-0.39, 0.29) is 29.4 Å². The van der Waals surface area contributed by atoms with Crippen molar-refractivity contribution in [1.29, 1.82) is 0 Å². The average molecular weight is 493 g/mol. The first kappa shape index (κ1) is 22.2. The summed E-state index contributed by atoms with van der Waals surface area (Å²) in [5.74, 6) is 0.803. The van der Waals surface area contributed by atoms with E-state index < -0.39 is 0 Å². The van der Waals surface area contributed by atoms with Crippen LogP contribution in [0.3, 0.4) is 0 Å². The van der Waals surface area contributed by atoms with E-state index in [0.29, 0.717) is 0 Å². The Balaban J connectivity index is 0.00000312. The van der Waals surface area contributed by atoms with Crippen molar-refractivity contribution in [2.24, 2.45) is 4.99 Å². The SMILES string of the molecule is CN=C(NCCc1csc(C)n1)NCC(C)(C)c1cccc(Cl)c1.I. The number of hydrogen-bond donors (Lipinski definition) is 2. The van der Waals surface area contributed by atoms with Gasteiger partial charge in [0.25, 0.3) is 0 Å². The number of halogens is 2. The Morgan fingerprint density at radius 2 is 2.08 bits per heavy atom. The minimum atomic E-state index is -0.0471. The van der Waals surface area contributed by atoms with Crippen molar-refractivity contribution < 1.29 is 0 Å². The molecule has 2 rings (SSSR count). The number of aryl methyl sites for hydroxylation is 1. The van der Waals surface area contributed by atoms with Gasteiger partial charge in [-0.15, -0.1) is 35.3 Å². The molecule has 1 heterocycles. The fourth-order valence-electron chi connectivity index (χ4n) is 2.37. The smallest absolute Gasteiger partial charge is 0.191 e. The van der Waals surface area contributed by atoms with E-state index in [1.807, 2.05) is 25.1 Å². The molecule has 0 fully saturated rings. The van der Waals surface area contributed by atoms with Crippen LogP contribution >= 0.6 is 46.9 Å². The Bertz CT molecular complexity index is 700. The second kappa shape index (κ2) is 10.3. The molecule has 0 saturated carbocycles. The maximum absolute atomic E-state index is 6.11. The molecule has 4 nitrogen and oxygen atoms in total. The van der Waals surface area contributed by atoms with Crippen molar-refractivity contribution in [1.82, 2.24) is 15.6 Å². The van der Waals surface area contributed by atoms with Gasteiger partial charge in [-0.1, -0.05) is 37.6 Å². The number of guanidine groups is 1. The van der Waals surface area contributed by atoms with Gasteiger partial charge in [0.2, 0.25) is 0 Å². The van der Waals surface area contributed by atoms with E-state index in [1.165, 1.54) is 5.56 Å². The molecule has 0 aliphatic heterocycles. The van der Waals surface area contributed by atoms with Crippen LogP contribution in [0.15, 0.2) is 34.6 Å². The van der Waals surface area contributed by atoms with Crippen LogP contribution in [0.2, 0.25) is 5.02 Å². The maximum atomic E-state index is 6.11. The number of aliphatic imine (C=N–C) groups is 1. The first-order chi connectivity index (χ1) is 11.4. The minimum Gasteiger partial charge on any atom is -0.356 e. The van der Waals surface area contributed by atoms with Gasteiger partial charge in [-0.2, -0.15) is 0 Å². The van der Waals surface area contributed by atoms with E-state index in [4.69, 9.17) is 11.6 Å². The summed E-state index contributed by atoms with van der Waals surface area (Å²) in [6.45, 7) is 7.98. The first-order valence-electron chi connectivity index (χ1n) is 8.02. The number of nitrogens with one attached hydrogen (secondary N) is 2. The van der Waals surface area contributed by atoms with Crippen molar-refractivity contribution in [2.45, 2.75) is 32.6 Å². The molecule has 0 aliphatic rings. The molecule has 0 amide bonds. The van der Waals surface area contributed by atoms with Crippen molar-refractivity contribution in [3.8, 4) is 0 Å². The summed E-state index contributed by atoms with van der Waals surface area (Å²) in [5, 5.41) is 10.7. The van der Waals surface area contributed by atoms with E-state index >= 15 is 0 Å². The number of thiazole rings is 1. The van der Waals surface area contributed by atoms with Gasteiger partial charge in [0.05, 0.1) is 10.7 Å². The molecule has 0 spiro atoms. The maximum Gasteiger partial charge on any atom is 0.191 e. The average Bonchev–Trinajstić information content (AvgIpc) is 2.96. The summed E-state index contributed by atoms with van der Waals surface area (Å²) in [7, 11) is 1.79. The van der Waals surface area contributed by atoms with Gasteiger partial charge in [-0.3, -0.25) is 4.99 Å². The third-order valence-corrected chi connectivity index (χ3v) is 4.93. The molecule has 25 heavy (non-hydrogen) atoms. The highest BCUT2D eigenvalue weighted by Crippen LogP contribution is 2.24. The topological polar surface area (TPSA) is 49.3 Å². The number of hydrogen-bond acceptors (Lipinski definition) is 3. The van der Waals surface area contributed by atoms with Gasteiger partial charge in [-0.25, -0.2) is 4.98 Å². The molecule has 0 saturated heterocycles. The third-order valence-electron chi connectivity index (χ3n) is 3.87. The highest BCUT2D eigenvalue weighted by atomic mass is 127. The quantitative estimate of drug-likeness (QED) is 0.357. The zero-order chi connectivity index (χ0) is 17.6. The highest BCUT2D eigenvalue weighted by Gasteiger charge is 2.21. The lowest BCUT2D eigenvalue weighted by Crippen LogP contribution is -2.44.